The molecule has 2 heterocycles. The zero-order chi connectivity index (χ0) is 24.6. The van der Waals surface area contributed by atoms with Crippen molar-refractivity contribution in [2.45, 2.75) is 89.1 Å². The van der Waals surface area contributed by atoms with E-state index in [2.05, 4.69) is 21.3 Å². The standard InChI is InChI=1S/C22H36N4O6S/c1-22(2,3)18(28)19(29)23-11-7-6-8-13(20(30)31)24-16(27)10-5-4-9-15-17-14(12-33-15)25-21(32)26-17/h13-15,17H,4-12H2,1-3H3,(H,23,29)(H,24,27)(H,30,31)(H2,25,26,32)/t13-,14+,15-,17+/m0/s1. The van der Waals surface area contributed by atoms with Crippen LogP contribution in [0.2, 0.25) is 0 Å². The number of fused-ring (bicyclic) bond motifs is 1. The Bertz CT molecular complexity index is 754. The van der Waals surface area contributed by atoms with E-state index in [1.807, 2.05) is 11.8 Å². The van der Waals surface area contributed by atoms with Crippen LogP contribution < -0.4 is 21.3 Å². The average Bonchev–Trinajstić information content (AvgIpc) is 3.27. The molecule has 0 unspecified atom stereocenters. The lowest BCUT2D eigenvalue weighted by atomic mass is 9.90. The van der Waals surface area contributed by atoms with Crippen molar-refractivity contribution in [3.8, 4) is 0 Å². The van der Waals surface area contributed by atoms with Crippen molar-refractivity contribution < 1.29 is 29.1 Å². The SMILES string of the molecule is CC(C)(C)C(=O)C(=O)NCCCC[C@H](NC(=O)CCCC[C@@H]1SC[C@H]2NC(=O)N[C@@H]12)C(=O)O. The van der Waals surface area contributed by atoms with Crippen LogP contribution in [-0.4, -0.2) is 70.4 Å². The fourth-order valence-corrected chi connectivity index (χ4v) is 5.44. The van der Waals surface area contributed by atoms with Crippen LogP contribution in [0.25, 0.3) is 0 Å². The normalized spacial score (nSPS) is 22.6. The summed E-state index contributed by atoms with van der Waals surface area (Å²) in [5.74, 6) is -1.61. The Morgan fingerprint density at radius 1 is 1.12 bits per heavy atom. The molecule has 2 aliphatic heterocycles. The highest BCUT2D eigenvalue weighted by atomic mass is 32.2. The van der Waals surface area contributed by atoms with Crippen molar-refractivity contribution in [3.63, 3.8) is 0 Å². The lowest BCUT2D eigenvalue weighted by Crippen LogP contribution is -2.41. The van der Waals surface area contributed by atoms with E-state index in [9.17, 15) is 29.1 Å². The molecule has 0 radical (unpaired) electrons. The number of ketones is 1. The van der Waals surface area contributed by atoms with Crippen LogP contribution >= 0.6 is 11.8 Å². The predicted molar refractivity (Wildman–Crippen MR) is 125 cm³/mol. The largest absolute Gasteiger partial charge is 0.480 e. The molecule has 0 aromatic rings. The first-order chi connectivity index (χ1) is 15.5. The minimum absolute atomic E-state index is 0.116. The quantitative estimate of drug-likeness (QED) is 0.149. The Morgan fingerprint density at radius 2 is 1.85 bits per heavy atom. The summed E-state index contributed by atoms with van der Waals surface area (Å²) in [5.41, 5.74) is -0.745. The second-order valence-electron chi connectivity index (χ2n) is 9.66. The van der Waals surface area contributed by atoms with Crippen molar-refractivity contribution in [2.75, 3.05) is 12.3 Å². The van der Waals surface area contributed by atoms with Gasteiger partial charge >= 0.3 is 12.0 Å². The number of unbranched alkanes of at least 4 members (excludes halogenated alkanes) is 2. The smallest absolute Gasteiger partial charge is 0.326 e. The molecule has 0 saturated carbocycles. The summed E-state index contributed by atoms with van der Waals surface area (Å²) in [4.78, 5) is 58.7. The lowest BCUT2D eigenvalue weighted by molar-refractivity contribution is -0.142. The third kappa shape index (κ3) is 8.53. The molecule has 2 rings (SSSR count). The van der Waals surface area contributed by atoms with Gasteiger partial charge in [-0.3, -0.25) is 14.4 Å². The number of urea groups is 1. The summed E-state index contributed by atoms with van der Waals surface area (Å²) in [5, 5.41) is 20.7. The second kappa shape index (κ2) is 12.2. The molecule has 33 heavy (non-hydrogen) atoms. The first-order valence-electron chi connectivity index (χ1n) is 11.5. The van der Waals surface area contributed by atoms with E-state index in [1.54, 1.807) is 20.8 Å². The molecule has 2 aliphatic rings. The number of Topliss-reactive ketones (excluding diaryl/α,β-unsaturated/α-hetero) is 1. The van der Waals surface area contributed by atoms with Gasteiger partial charge in [0.05, 0.1) is 12.1 Å². The Hall–Kier alpha value is -2.30. The van der Waals surface area contributed by atoms with Crippen LogP contribution in [0.5, 0.6) is 0 Å². The van der Waals surface area contributed by atoms with Gasteiger partial charge in [0.25, 0.3) is 5.91 Å². The van der Waals surface area contributed by atoms with Gasteiger partial charge in [-0.1, -0.05) is 27.2 Å². The number of carboxylic acids is 1. The van der Waals surface area contributed by atoms with Gasteiger partial charge in [0.2, 0.25) is 11.7 Å². The zero-order valence-corrected chi connectivity index (χ0v) is 20.4. The van der Waals surface area contributed by atoms with Gasteiger partial charge in [-0.05, 0) is 32.1 Å². The predicted octanol–water partition coefficient (Wildman–Crippen LogP) is 1.18. The number of amides is 4. The van der Waals surface area contributed by atoms with Gasteiger partial charge in [-0.2, -0.15) is 11.8 Å². The van der Waals surface area contributed by atoms with Crippen LogP contribution in [0.1, 0.15) is 65.7 Å². The van der Waals surface area contributed by atoms with E-state index in [0.717, 1.165) is 18.6 Å². The Labute approximate surface area is 198 Å². The number of hydrogen-bond donors (Lipinski definition) is 5. The molecular formula is C22H36N4O6S. The summed E-state index contributed by atoms with van der Waals surface area (Å²) >= 11 is 1.83. The molecule has 4 amide bonds. The molecular weight excluding hydrogens is 448 g/mol. The minimum atomic E-state index is -1.09. The molecule has 2 saturated heterocycles. The molecule has 5 N–H and O–H groups in total. The molecule has 4 atom stereocenters. The van der Waals surface area contributed by atoms with Crippen molar-refractivity contribution in [1.29, 1.82) is 0 Å². The topological polar surface area (TPSA) is 154 Å². The highest BCUT2D eigenvalue weighted by Gasteiger charge is 2.42. The van der Waals surface area contributed by atoms with E-state index in [0.29, 0.717) is 24.5 Å². The van der Waals surface area contributed by atoms with Crippen LogP contribution in [0.3, 0.4) is 0 Å². The molecule has 0 bridgehead atoms. The van der Waals surface area contributed by atoms with Gasteiger partial charge in [0, 0.05) is 29.4 Å². The van der Waals surface area contributed by atoms with Crippen molar-refractivity contribution in [1.82, 2.24) is 21.3 Å². The highest BCUT2D eigenvalue weighted by molar-refractivity contribution is 8.00. The summed E-state index contributed by atoms with van der Waals surface area (Å²) < 4.78 is 0. The Morgan fingerprint density at radius 3 is 2.52 bits per heavy atom. The van der Waals surface area contributed by atoms with Gasteiger partial charge < -0.3 is 26.4 Å². The van der Waals surface area contributed by atoms with E-state index in [-0.39, 0.29) is 43.4 Å². The van der Waals surface area contributed by atoms with Crippen LogP contribution in [-0.2, 0) is 19.2 Å². The van der Waals surface area contributed by atoms with E-state index < -0.39 is 29.1 Å². The van der Waals surface area contributed by atoms with E-state index >= 15 is 0 Å². The monoisotopic (exact) mass is 484 g/mol. The lowest BCUT2D eigenvalue weighted by Gasteiger charge is -2.17. The summed E-state index contributed by atoms with van der Waals surface area (Å²) in [7, 11) is 0. The molecule has 10 nitrogen and oxygen atoms in total. The summed E-state index contributed by atoms with van der Waals surface area (Å²) in [6.07, 6.45) is 3.88. The number of aliphatic carboxylic acids is 1. The molecule has 2 fully saturated rings. The fourth-order valence-electron chi connectivity index (χ4n) is 3.89. The van der Waals surface area contributed by atoms with Crippen LogP contribution in [0.15, 0.2) is 0 Å². The van der Waals surface area contributed by atoms with Gasteiger partial charge in [-0.15, -0.1) is 0 Å². The van der Waals surface area contributed by atoms with E-state index in [4.69, 9.17) is 0 Å². The third-order valence-corrected chi connectivity index (χ3v) is 7.32. The molecule has 0 aliphatic carbocycles. The molecule has 186 valence electrons. The molecule has 11 heteroatoms. The summed E-state index contributed by atoms with van der Waals surface area (Å²) in [6, 6.07) is -0.769. The first-order valence-corrected chi connectivity index (χ1v) is 12.6. The number of carbonyl (C=O) groups excluding carboxylic acids is 4. The van der Waals surface area contributed by atoms with Crippen molar-refractivity contribution >= 4 is 41.4 Å². The van der Waals surface area contributed by atoms with E-state index in [1.165, 1.54) is 0 Å². The fraction of sp³-hybridized carbons (Fsp3) is 0.773. The Kier molecular flexibility index (Phi) is 10.00. The first kappa shape index (κ1) is 26.9. The number of rotatable bonds is 13. The van der Waals surface area contributed by atoms with Crippen LogP contribution in [0, 0.1) is 5.41 Å². The highest BCUT2D eigenvalue weighted by Crippen LogP contribution is 2.33. The number of thioether (sulfide) groups is 1. The maximum Gasteiger partial charge on any atom is 0.326 e. The number of nitrogens with one attached hydrogen (secondary N) is 4. The summed E-state index contributed by atoms with van der Waals surface area (Å²) in [6.45, 7) is 5.29. The second-order valence-corrected chi connectivity index (χ2v) is 10.9. The maximum absolute atomic E-state index is 12.2. The maximum atomic E-state index is 12.2. The van der Waals surface area contributed by atoms with Gasteiger partial charge in [0.15, 0.2) is 0 Å². The average molecular weight is 485 g/mol. The van der Waals surface area contributed by atoms with Gasteiger partial charge in [-0.25, -0.2) is 9.59 Å². The zero-order valence-electron chi connectivity index (χ0n) is 19.6. The van der Waals surface area contributed by atoms with Gasteiger partial charge in [0.1, 0.15) is 6.04 Å². The minimum Gasteiger partial charge on any atom is -0.480 e. The van der Waals surface area contributed by atoms with Crippen molar-refractivity contribution in [2.24, 2.45) is 5.41 Å². The van der Waals surface area contributed by atoms with Crippen LogP contribution in [0.4, 0.5) is 4.79 Å². The number of carbonyl (C=O) groups is 5. The number of hydrogen-bond acceptors (Lipinski definition) is 6. The molecule has 0 aromatic heterocycles. The number of carboxylic acid groups (broad SMARTS) is 1. The van der Waals surface area contributed by atoms with Crippen molar-refractivity contribution in [3.05, 3.63) is 0 Å². The molecule has 0 aromatic carbocycles. The third-order valence-electron chi connectivity index (χ3n) is 5.81. The Balaban J connectivity index is 1.59. The molecule has 0 spiro atoms.